The van der Waals surface area contributed by atoms with Gasteiger partial charge in [-0.15, -0.1) is 0 Å². The summed E-state index contributed by atoms with van der Waals surface area (Å²) in [4.78, 5) is 24.6. The number of allylic oxidation sites excluding steroid dienone is 1. The van der Waals surface area contributed by atoms with Crippen LogP contribution in [0.2, 0.25) is 0 Å². The Bertz CT molecular complexity index is 789. The van der Waals surface area contributed by atoms with E-state index >= 15 is 0 Å². The Morgan fingerprint density at radius 1 is 1.48 bits per heavy atom. The Hall–Kier alpha value is -2.44. The van der Waals surface area contributed by atoms with E-state index in [2.05, 4.69) is 31.1 Å². The highest BCUT2D eigenvalue weighted by molar-refractivity contribution is 5.95. The molecule has 1 amide bonds. The van der Waals surface area contributed by atoms with E-state index in [1.165, 1.54) is 17.7 Å². The van der Waals surface area contributed by atoms with Gasteiger partial charge in [-0.25, -0.2) is 9.97 Å². The van der Waals surface area contributed by atoms with E-state index in [0.717, 1.165) is 43.1 Å². The topological polar surface area (TPSA) is 102 Å². The number of anilines is 1. The fraction of sp³-hybridized carbons (Fsp3) is 0.636. The highest BCUT2D eigenvalue weighted by atomic mass is 16.2. The first-order valence-corrected chi connectivity index (χ1v) is 10.8. The smallest absolute Gasteiger partial charge is 0.239 e. The molecule has 1 fully saturated rings. The molecule has 0 saturated heterocycles. The molecule has 2 unspecified atom stereocenters. The molecule has 0 aromatic carbocycles. The molecule has 29 heavy (non-hydrogen) atoms. The van der Waals surface area contributed by atoms with Gasteiger partial charge in [0, 0.05) is 24.5 Å². The number of hydrogen-bond acceptors (Lipinski definition) is 6. The van der Waals surface area contributed by atoms with E-state index < -0.39 is 5.41 Å². The summed E-state index contributed by atoms with van der Waals surface area (Å²) in [6, 6.07) is 0. The van der Waals surface area contributed by atoms with Gasteiger partial charge in [0.15, 0.2) is 0 Å². The maximum Gasteiger partial charge on any atom is 0.239 e. The Kier molecular flexibility index (Phi) is 6.55. The van der Waals surface area contributed by atoms with Crippen LogP contribution in [0, 0.1) is 17.2 Å². The second kappa shape index (κ2) is 8.93. The normalized spacial score (nSPS) is 22.9. The van der Waals surface area contributed by atoms with E-state index in [1.807, 2.05) is 0 Å². The number of amides is 1. The lowest BCUT2D eigenvalue weighted by molar-refractivity contribution is -0.138. The van der Waals surface area contributed by atoms with E-state index in [-0.39, 0.29) is 18.1 Å². The van der Waals surface area contributed by atoms with Crippen LogP contribution in [0.25, 0.3) is 0 Å². The van der Waals surface area contributed by atoms with Crippen molar-refractivity contribution in [1.82, 2.24) is 14.9 Å². The average Bonchev–Trinajstić information content (AvgIpc) is 3.55. The number of fused-ring (bicyclic) bond motifs is 1. The second-order valence-electron chi connectivity index (χ2n) is 8.53. The van der Waals surface area contributed by atoms with Gasteiger partial charge in [0.25, 0.3) is 0 Å². The second-order valence-corrected chi connectivity index (χ2v) is 8.53. The molecule has 3 rings (SSSR count). The van der Waals surface area contributed by atoms with Crippen molar-refractivity contribution in [3.63, 3.8) is 0 Å². The maximum absolute atomic E-state index is 13.8. The third kappa shape index (κ3) is 4.28. The molecule has 1 aromatic rings. The minimum absolute atomic E-state index is 0.0807. The van der Waals surface area contributed by atoms with Crippen molar-refractivity contribution >= 4 is 18.1 Å². The van der Waals surface area contributed by atoms with Crippen LogP contribution in [0.5, 0.6) is 0 Å². The van der Waals surface area contributed by atoms with Crippen LogP contribution in [0.15, 0.2) is 18.2 Å². The summed E-state index contributed by atoms with van der Waals surface area (Å²) in [5, 5.41) is 20.6. The van der Waals surface area contributed by atoms with Crippen molar-refractivity contribution < 1.29 is 9.90 Å². The molecule has 7 heteroatoms. The van der Waals surface area contributed by atoms with Gasteiger partial charge in [0.2, 0.25) is 11.9 Å². The standard InChI is InChI=1S/C22H33N5O2/c1-4-8-22(9-15(3)5-2)19-17(13-27(20(22)29)18(10-23)14-28)12-25-21(26-19)24-11-16-6-7-16/h10,12,14-16,23,28H,4-9,11,13H2,1-3H3,(H,24,25,26)/b18-14+,23-10?. The molecule has 0 radical (unpaired) electrons. The lowest BCUT2D eigenvalue weighted by Gasteiger charge is -2.43. The molecule has 2 heterocycles. The summed E-state index contributed by atoms with van der Waals surface area (Å²) in [6.07, 6.45) is 9.34. The van der Waals surface area contributed by atoms with Crippen molar-refractivity contribution in [3.05, 3.63) is 29.4 Å². The number of rotatable bonds is 10. The number of aromatic nitrogens is 2. The third-order valence-corrected chi connectivity index (χ3v) is 6.21. The van der Waals surface area contributed by atoms with E-state index in [0.29, 0.717) is 30.6 Å². The zero-order chi connectivity index (χ0) is 21.0. The van der Waals surface area contributed by atoms with Crippen molar-refractivity contribution in [2.75, 3.05) is 11.9 Å². The Morgan fingerprint density at radius 2 is 2.24 bits per heavy atom. The molecule has 1 saturated carbocycles. The Morgan fingerprint density at radius 3 is 2.83 bits per heavy atom. The number of aliphatic hydroxyl groups is 1. The fourth-order valence-corrected chi connectivity index (χ4v) is 4.25. The SMILES string of the molecule is CCCC1(CC(C)CC)C(=O)N(/C(C=N)=C/O)Cc2cnc(NCC3CC3)nc21. The summed E-state index contributed by atoms with van der Waals surface area (Å²) in [7, 11) is 0. The van der Waals surface area contributed by atoms with Gasteiger partial charge in [0.05, 0.1) is 23.4 Å². The molecule has 0 spiro atoms. The molecule has 3 N–H and O–H groups in total. The van der Waals surface area contributed by atoms with Gasteiger partial charge in [-0.05, 0) is 37.5 Å². The number of aliphatic hydroxyl groups excluding tert-OH is 1. The highest BCUT2D eigenvalue weighted by Crippen LogP contribution is 2.43. The molecule has 2 atom stereocenters. The molecule has 1 aliphatic carbocycles. The van der Waals surface area contributed by atoms with Gasteiger partial charge in [-0.3, -0.25) is 4.79 Å². The zero-order valence-electron chi connectivity index (χ0n) is 17.7. The van der Waals surface area contributed by atoms with E-state index in [4.69, 9.17) is 10.4 Å². The number of nitrogens with one attached hydrogen (secondary N) is 2. The molecule has 1 aliphatic heterocycles. The van der Waals surface area contributed by atoms with Crippen molar-refractivity contribution in [2.45, 2.75) is 71.3 Å². The van der Waals surface area contributed by atoms with Crippen LogP contribution in [0.3, 0.4) is 0 Å². The summed E-state index contributed by atoms with van der Waals surface area (Å²) in [5.41, 5.74) is 1.13. The van der Waals surface area contributed by atoms with Crippen LogP contribution in [0.4, 0.5) is 5.95 Å². The fourth-order valence-electron chi connectivity index (χ4n) is 4.25. The minimum atomic E-state index is -0.770. The molecule has 7 nitrogen and oxygen atoms in total. The summed E-state index contributed by atoms with van der Waals surface area (Å²) < 4.78 is 0. The lowest BCUT2D eigenvalue weighted by Crippen LogP contribution is -2.52. The number of carbonyl (C=O) groups is 1. The molecule has 1 aromatic heterocycles. The maximum atomic E-state index is 13.8. The quantitative estimate of drug-likeness (QED) is 0.405. The van der Waals surface area contributed by atoms with E-state index in [9.17, 15) is 9.90 Å². The summed E-state index contributed by atoms with van der Waals surface area (Å²) in [6.45, 7) is 7.52. The van der Waals surface area contributed by atoms with Gasteiger partial charge in [-0.1, -0.05) is 33.6 Å². The minimum Gasteiger partial charge on any atom is -0.513 e. The van der Waals surface area contributed by atoms with Gasteiger partial charge >= 0.3 is 0 Å². The largest absolute Gasteiger partial charge is 0.513 e. The third-order valence-electron chi connectivity index (χ3n) is 6.21. The first-order valence-electron chi connectivity index (χ1n) is 10.8. The lowest BCUT2D eigenvalue weighted by atomic mass is 9.69. The molecule has 158 valence electrons. The number of nitrogens with zero attached hydrogens (tertiary/aromatic N) is 3. The van der Waals surface area contributed by atoms with Crippen LogP contribution >= 0.6 is 0 Å². The highest BCUT2D eigenvalue weighted by Gasteiger charge is 2.49. The first kappa shape index (κ1) is 21.3. The van der Waals surface area contributed by atoms with Gasteiger partial charge in [0.1, 0.15) is 6.26 Å². The van der Waals surface area contributed by atoms with Crippen LogP contribution < -0.4 is 5.32 Å². The van der Waals surface area contributed by atoms with E-state index in [1.54, 1.807) is 6.20 Å². The Labute approximate surface area is 173 Å². The number of hydrogen-bond donors (Lipinski definition) is 3. The van der Waals surface area contributed by atoms with Gasteiger partial charge < -0.3 is 20.7 Å². The predicted octanol–water partition coefficient (Wildman–Crippen LogP) is 4.16. The van der Waals surface area contributed by atoms with Crippen molar-refractivity contribution in [2.24, 2.45) is 11.8 Å². The molecular formula is C22H33N5O2. The molecular weight excluding hydrogens is 366 g/mol. The van der Waals surface area contributed by atoms with Crippen molar-refractivity contribution in [3.8, 4) is 0 Å². The first-order chi connectivity index (χ1) is 14.0. The van der Waals surface area contributed by atoms with Gasteiger partial charge in [-0.2, -0.15) is 0 Å². The number of carbonyl (C=O) groups excluding carboxylic acids is 1. The van der Waals surface area contributed by atoms with Crippen LogP contribution in [0.1, 0.15) is 70.6 Å². The predicted molar refractivity (Wildman–Crippen MR) is 114 cm³/mol. The molecule has 0 bridgehead atoms. The molecule has 2 aliphatic rings. The zero-order valence-corrected chi connectivity index (χ0v) is 17.7. The Balaban J connectivity index is 2.08. The average molecular weight is 400 g/mol. The van der Waals surface area contributed by atoms with Crippen LogP contribution in [-0.2, 0) is 16.8 Å². The monoisotopic (exact) mass is 399 g/mol. The van der Waals surface area contributed by atoms with Crippen LogP contribution in [-0.4, -0.2) is 38.6 Å². The summed E-state index contributed by atoms with van der Waals surface area (Å²) >= 11 is 0. The van der Waals surface area contributed by atoms with Crippen molar-refractivity contribution in [1.29, 1.82) is 5.41 Å². The summed E-state index contributed by atoms with van der Waals surface area (Å²) in [5.74, 6) is 1.56.